The zero-order valence-electron chi connectivity index (χ0n) is 11.2. The van der Waals surface area contributed by atoms with Crippen molar-refractivity contribution in [1.29, 1.82) is 0 Å². The Morgan fingerprint density at radius 1 is 1.37 bits per heavy atom. The Hall–Kier alpha value is -0.820. The number of rotatable bonds is 6. The van der Waals surface area contributed by atoms with Gasteiger partial charge in [0.15, 0.2) is 0 Å². The molecule has 1 atom stereocenters. The second-order valence-electron chi connectivity index (χ2n) is 4.69. The number of amides is 1. The number of halogens is 1. The molecule has 2 N–H and O–H groups in total. The number of benzene rings is 1. The van der Waals surface area contributed by atoms with Crippen molar-refractivity contribution in [3.8, 4) is 0 Å². The highest BCUT2D eigenvalue weighted by molar-refractivity contribution is 14.1. The van der Waals surface area contributed by atoms with Crippen molar-refractivity contribution in [3.05, 3.63) is 33.4 Å². The van der Waals surface area contributed by atoms with Crippen molar-refractivity contribution in [2.24, 2.45) is 0 Å². The van der Waals surface area contributed by atoms with E-state index in [4.69, 9.17) is 5.11 Å². The van der Waals surface area contributed by atoms with Gasteiger partial charge in [0.2, 0.25) is 0 Å². The minimum atomic E-state index is -0.919. The van der Waals surface area contributed by atoms with Crippen molar-refractivity contribution in [3.63, 3.8) is 0 Å². The van der Waals surface area contributed by atoms with E-state index in [1.165, 1.54) is 4.90 Å². The summed E-state index contributed by atoms with van der Waals surface area (Å²) in [5, 5.41) is 18.4. The molecule has 1 amide bonds. The Bertz CT molecular complexity index is 423. The Morgan fingerprint density at radius 3 is 2.47 bits per heavy atom. The van der Waals surface area contributed by atoms with Crippen LogP contribution in [0.15, 0.2) is 24.3 Å². The monoisotopic (exact) mass is 377 g/mol. The van der Waals surface area contributed by atoms with Gasteiger partial charge in [-0.1, -0.05) is 18.2 Å². The highest BCUT2D eigenvalue weighted by Gasteiger charge is 2.28. The fourth-order valence-electron chi connectivity index (χ4n) is 2.19. The number of hydrogen-bond donors (Lipinski definition) is 2. The first-order chi connectivity index (χ1) is 8.99. The largest absolute Gasteiger partial charge is 0.465 e. The zero-order chi connectivity index (χ0) is 14.4. The first-order valence-electron chi connectivity index (χ1n) is 6.35. The van der Waals surface area contributed by atoms with Crippen molar-refractivity contribution in [2.45, 2.75) is 38.8 Å². The molecule has 0 unspecified atom stereocenters. The molecule has 0 saturated heterocycles. The number of hydrogen-bond acceptors (Lipinski definition) is 2. The Labute approximate surface area is 127 Å². The molecule has 0 heterocycles. The molecule has 1 aromatic carbocycles. The summed E-state index contributed by atoms with van der Waals surface area (Å²) in [6, 6.07) is 7.48. The SMILES string of the molecule is CC(C)N(C(=O)O)[C@@H](CCCO)c1ccccc1I. The fourth-order valence-corrected chi connectivity index (χ4v) is 2.94. The fraction of sp³-hybridized carbons (Fsp3) is 0.500. The average molecular weight is 377 g/mol. The maximum absolute atomic E-state index is 11.5. The number of aliphatic hydroxyl groups is 1. The third kappa shape index (κ3) is 4.35. The summed E-state index contributed by atoms with van der Waals surface area (Å²) >= 11 is 2.23. The molecule has 0 aliphatic carbocycles. The van der Waals surface area contributed by atoms with E-state index in [0.717, 1.165) is 9.13 Å². The van der Waals surface area contributed by atoms with Crippen LogP contribution >= 0.6 is 22.6 Å². The lowest BCUT2D eigenvalue weighted by atomic mass is 9.99. The van der Waals surface area contributed by atoms with Crippen LogP contribution in [0.2, 0.25) is 0 Å². The summed E-state index contributed by atoms with van der Waals surface area (Å²) in [6.07, 6.45) is 0.297. The number of nitrogens with zero attached hydrogens (tertiary/aromatic N) is 1. The maximum Gasteiger partial charge on any atom is 0.408 e. The minimum absolute atomic E-state index is 0.0749. The molecule has 0 saturated carbocycles. The Kier molecular flexibility index (Phi) is 6.57. The predicted octanol–water partition coefficient (Wildman–Crippen LogP) is 3.49. The number of carboxylic acid groups (broad SMARTS) is 1. The van der Waals surface area contributed by atoms with Gasteiger partial charge in [-0.05, 0) is 60.9 Å². The van der Waals surface area contributed by atoms with Crippen molar-refractivity contribution >= 4 is 28.7 Å². The van der Waals surface area contributed by atoms with Crippen LogP contribution in [0.4, 0.5) is 4.79 Å². The van der Waals surface area contributed by atoms with Crippen LogP contribution in [0.1, 0.15) is 38.3 Å². The normalized spacial score (nSPS) is 12.5. The lowest BCUT2D eigenvalue weighted by molar-refractivity contribution is 0.100. The van der Waals surface area contributed by atoms with Crippen LogP contribution in [0.25, 0.3) is 0 Å². The van der Waals surface area contributed by atoms with Gasteiger partial charge in [0.05, 0.1) is 6.04 Å². The van der Waals surface area contributed by atoms with E-state index in [2.05, 4.69) is 22.6 Å². The molecule has 0 aromatic heterocycles. The third-order valence-electron chi connectivity index (χ3n) is 3.01. The van der Waals surface area contributed by atoms with Gasteiger partial charge in [0.1, 0.15) is 0 Å². The van der Waals surface area contributed by atoms with Gasteiger partial charge in [-0.25, -0.2) is 4.79 Å². The standard InChI is InChI=1S/C14H20INO3/c1-10(2)16(14(18)19)13(8-5-9-17)11-6-3-4-7-12(11)15/h3-4,6-7,10,13,17H,5,8-9H2,1-2H3,(H,18,19)/t13-/m0/s1. The van der Waals surface area contributed by atoms with Gasteiger partial charge in [-0.2, -0.15) is 0 Å². The molecule has 1 aromatic rings. The summed E-state index contributed by atoms with van der Waals surface area (Å²) in [7, 11) is 0. The van der Waals surface area contributed by atoms with Crippen LogP contribution in [-0.4, -0.2) is 33.9 Å². The van der Waals surface area contributed by atoms with Crippen LogP contribution in [-0.2, 0) is 0 Å². The molecule has 19 heavy (non-hydrogen) atoms. The first kappa shape index (κ1) is 16.2. The van der Waals surface area contributed by atoms with E-state index in [0.29, 0.717) is 12.8 Å². The van der Waals surface area contributed by atoms with E-state index in [1.54, 1.807) is 0 Å². The van der Waals surface area contributed by atoms with Gasteiger partial charge in [0, 0.05) is 16.2 Å². The summed E-state index contributed by atoms with van der Waals surface area (Å²) < 4.78 is 1.05. The lowest BCUT2D eigenvalue weighted by Gasteiger charge is -2.33. The summed E-state index contributed by atoms with van der Waals surface area (Å²) in [5.41, 5.74) is 1.01. The van der Waals surface area contributed by atoms with Gasteiger partial charge in [-0.15, -0.1) is 0 Å². The highest BCUT2D eigenvalue weighted by atomic mass is 127. The van der Waals surface area contributed by atoms with Crippen LogP contribution < -0.4 is 0 Å². The Morgan fingerprint density at radius 2 is 2.00 bits per heavy atom. The Balaban J connectivity index is 3.13. The van der Waals surface area contributed by atoms with Gasteiger partial charge in [0.25, 0.3) is 0 Å². The van der Waals surface area contributed by atoms with Crippen LogP contribution in [0, 0.1) is 3.57 Å². The minimum Gasteiger partial charge on any atom is -0.465 e. The average Bonchev–Trinajstić information content (AvgIpc) is 2.34. The van der Waals surface area contributed by atoms with E-state index in [1.807, 2.05) is 38.1 Å². The molecular weight excluding hydrogens is 357 g/mol. The van der Waals surface area contributed by atoms with E-state index >= 15 is 0 Å². The topological polar surface area (TPSA) is 60.8 Å². The van der Waals surface area contributed by atoms with Crippen molar-refractivity contribution in [2.75, 3.05) is 6.61 Å². The van der Waals surface area contributed by atoms with E-state index < -0.39 is 6.09 Å². The summed E-state index contributed by atoms with van der Waals surface area (Å²) in [6.45, 7) is 3.82. The molecular formula is C14H20INO3. The molecule has 1 rings (SSSR count). The van der Waals surface area contributed by atoms with Crippen molar-refractivity contribution < 1.29 is 15.0 Å². The smallest absolute Gasteiger partial charge is 0.408 e. The highest BCUT2D eigenvalue weighted by Crippen LogP contribution is 2.30. The van der Waals surface area contributed by atoms with Gasteiger partial charge >= 0.3 is 6.09 Å². The molecule has 0 aliphatic heterocycles. The van der Waals surface area contributed by atoms with Crippen molar-refractivity contribution in [1.82, 2.24) is 4.90 Å². The van der Waals surface area contributed by atoms with Gasteiger partial charge in [-0.3, -0.25) is 4.90 Å². The summed E-state index contributed by atoms with van der Waals surface area (Å²) in [4.78, 5) is 13.0. The first-order valence-corrected chi connectivity index (χ1v) is 7.43. The molecule has 4 nitrogen and oxygen atoms in total. The summed E-state index contributed by atoms with van der Waals surface area (Å²) in [5.74, 6) is 0. The molecule has 106 valence electrons. The predicted molar refractivity (Wildman–Crippen MR) is 83.2 cm³/mol. The van der Waals surface area contributed by atoms with Crippen LogP contribution in [0.3, 0.4) is 0 Å². The molecule has 0 bridgehead atoms. The lowest BCUT2D eigenvalue weighted by Crippen LogP contribution is -2.39. The van der Waals surface area contributed by atoms with E-state index in [9.17, 15) is 9.90 Å². The molecule has 0 fully saturated rings. The quantitative estimate of drug-likeness (QED) is 0.747. The second kappa shape index (κ2) is 7.69. The molecule has 0 aliphatic rings. The van der Waals surface area contributed by atoms with Crippen LogP contribution in [0.5, 0.6) is 0 Å². The number of aliphatic hydroxyl groups excluding tert-OH is 1. The molecule has 5 heteroatoms. The second-order valence-corrected chi connectivity index (χ2v) is 5.85. The molecule has 0 radical (unpaired) electrons. The van der Waals surface area contributed by atoms with Gasteiger partial charge < -0.3 is 10.2 Å². The molecule has 0 spiro atoms. The number of carbonyl (C=O) groups is 1. The third-order valence-corrected chi connectivity index (χ3v) is 4.00. The maximum atomic E-state index is 11.5. The zero-order valence-corrected chi connectivity index (χ0v) is 13.4. The van der Waals surface area contributed by atoms with E-state index in [-0.39, 0.29) is 18.7 Å².